The summed E-state index contributed by atoms with van der Waals surface area (Å²) in [4.78, 5) is 0. The molecule has 0 aliphatic heterocycles. The van der Waals surface area contributed by atoms with Crippen molar-refractivity contribution in [3.63, 3.8) is 0 Å². The Morgan fingerprint density at radius 1 is 0.435 bits per heavy atom. The van der Waals surface area contributed by atoms with E-state index in [1.165, 1.54) is 28.5 Å². The lowest BCUT2D eigenvalue weighted by Crippen LogP contribution is -2.03. The molecule has 46 heavy (non-hydrogen) atoms. The Morgan fingerprint density at radius 3 is 1.70 bits per heavy atom. The minimum Gasteiger partial charge on any atom is -0.356 e. The summed E-state index contributed by atoms with van der Waals surface area (Å²) in [6.07, 6.45) is -4.37. The molecule has 0 radical (unpaired) electrons. The second kappa shape index (κ2) is 11.0. The Bertz CT molecular complexity index is 2350. The maximum absolute atomic E-state index is 13.2. The number of nitrogens with zero attached hydrogens (tertiary/aromatic N) is 1. The zero-order chi connectivity index (χ0) is 31.3. The highest BCUT2D eigenvalue weighted by atomic mass is 19.4. The molecule has 5 heteroatoms. The van der Waals surface area contributed by atoms with Crippen LogP contribution in [0.15, 0.2) is 158 Å². The average Bonchev–Trinajstić information content (AvgIpc) is 3.41. The van der Waals surface area contributed by atoms with Gasteiger partial charge in [0.1, 0.15) is 0 Å². The third-order valence-corrected chi connectivity index (χ3v) is 8.58. The molecule has 1 heterocycles. The van der Waals surface area contributed by atoms with Gasteiger partial charge in [-0.2, -0.15) is 13.2 Å². The number of fused-ring (bicyclic) bond motifs is 4. The van der Waals surface area contributed by atoms with Gasteiger partial charge >= 0.3 is 6.18 Å². The van der Waals surface area contributed by atoms with E-state index in [4.69, 9.17) is 0 Å². The number of halogens is 3. The molecule has 0 saturated carbocycles. The quantitative estimate of drug-likeness (QED) is 0.207. The predicted octanol–water partition coefficient (Wildman–Crippen LogP) is 12.0. The molecule has 2 nitrogen and oxygen atoms in total. The van der Waals surface area contributed by atoms with Crippen molar-refractivity contribution in [1.29, 1.82) is 0 Å². The van der Waals surface area contributed by atoms with E-state index in [9.17, 15) is 13.2 Å². The first-order valence-electron chi connectivity index (χ1n) is 15.1. The maximum atomic E-state index is 13.2. The van der Waals surface area contributed by atoms with E-state index in [-0.39, 0.29) is 0 Å². The van der Waals surface area contributed by atoms with Gasteiger partial charge in [0, 0.05) is 27.8 Å². The first kappa shape index (κ1) is 27.7. The lowest BCUT2D eigenvalue weighted by Gasteiger charge is -2.10. The number of anilines is 2. The van der Waals surface area contributed by atoms with Crippen molar-refractivity contribution in [1.82, 2.24) is 4.57 Å². The van der Waals surface area contributed by atoms with Crippen LogP contribution in [0.3, 0.4) is 0 Å². The molecule has 0 atom stereocenters. The van der Waals surface area contributed by atoms with Crippen LogP contribution in [0.5, 0.6) is 0 Å². The summed E-state index contributed by atoms with van der Waals surface area (Å²) in [6.45, 7) is 0. The Kier molecular flexibility index (Phi) is 6.61. The number of aromatic nitrogens is 1. The molecule has 222 valence electrons. The van der Waals surface area contributed by atoms with E-state index in [0.717, 1.165) is 67.7 Å². The smallest absolute Gasteiger partial charge is 0.356 e. The zero-order valence-electron chi connectivity index (χ0n) is 24.6. The Morgan fingerprint density at radius 2 is 0.978 bits per heavy atom. The van der Waals surface area contributed by atoms with Crippen molar-refractivity contribution in [3.8, 4) is 27.9 Å². The summed E-state index contributed by atoms with van der Waals surface area (Å²) < 4.78 is 41.8. The lowest BCUT2D eigenvalue weighted by atomic mass is 10.0. The molecule has 0 unspecified atom stereocenters. The number of para-hydroxylation sites is 1. The second-order valence-corrected chi connectivity index (χ2v) is 11.5. The summed E-state index contributed by atoms with van der Waals surface area (Å²) in [5, 5.41) is 8.07. The van der Waals surface area contributed by atoms with Crippen LogP contribution in [-0.4, -0.2) is 4.57 Å². The molecule has 0 aliphatic rings. The van der Waals surface area contributed by atoms with Gasteiger partial charge < -0.3 is 9.88 Å². The van der Waals surface area contributed by atoms with Gasteiger partial charge in [-0.1, -0.05) is 84.9 Å². The number of benzene rings is 7. The molecule has 0 amide bonds. The molecular formula is C41H27F3N2. The van der Waals surface area contributed by atoms with E-state index in [0.29, 0.717) is 0 Å². The molecular weight excluding hydrogens is 577 g/mol. The Hall–Kier alpha value is -5.81. The summed E-state index contributed by atoms with van der Waals surface area (Å²) in [7, 11) is 0. The lowest BCUT2D eigenvalue weighted by molar-refractivity contribution is -0.137. The fourth-order valence-corrected chi connectivity index (χ4v) is 6.27. The summed E-state index contributed by atoms with van der Waals surface area (Å²) >= 11 is 0. The van der Waals surface area contributed by atoms with Crippen LogP contribution >= 0.6 is 0 Å². The molecule has 8 aromatic rings. The molecule has 0 fully saturated rings. The van der Waals surface area contributed by atoms with Crippen molar-refractivity contribution in [2.24, 2.45) is 0 Å². The number of nitrogens with one attached hydrogen (secondary N) is 1. The Balaban J connectivity index is 1.17. The normalized spacial score (nSPS) is 11.8. The van der Waals surface area contributed by atoms with E-state index in [1.54, 1.807) is 0 Å². The fraction of sp³-hybridized carbons (Fsp3) is 0.0244. The van der Waals surface area contributed by atoms with Crippen molar-refractivity contribution >= 4 is 44.0 Å². The van der Waals surface area contributed by atoms with Gasteiger partial charge in [-0.05, 0) is 106 Å². The van der Waals surface area contributed by atoms with Crippen LogP contribution < -0.4 is 5.32 Å². The number of hydrogen-bond donors (Lipinski definition) is 1. The predicted molar refractivity (Wildman–Crippen MR) is 184 cm³/mol. The first-order chi connectivity index (χ1) is 22.4. The SMILES string of the molecule is FC(F)(F)c1ccc(-c2ccc3c(c2)c2cc(Nc4ccc(-c5ccc6ccccc6c5)cc4)ccc2n3-c2ccccc2)cc1. The topological polar surface area (TPSA) is 17.0 Å². The number of hydrogen-bond acceptors (Lipinski definition) is 1. The second-order valence-electron chi connectivity index (χ2n) is 11.5. The van der Waals surface area contributed by atoms with Crippen LogP contribution in [0, 0.1) is 0 Å². The molecule has 8 rings (SSSR count). The summed E-state index contributed by atoms with van der Waals surface area (Å²) in [5.41, 5.74) is 8.27. The molecule has 7 aromatic carbocycles. The van der Waals surface area contributed by atoms with Gasteiger partial charge in [-0.15, -0.1) is 0 Å². The van der Waals surface area contributed by atoms with Gasteiger partial charge in [0.05, 0.1) is 16.6 Å². The average molecular weight is 605 g/mol. The van der Waals surface area contributed by atoms with Crippen LogP contribution in [0.2, 0.25) is 0 Å². The largest absolute Gasteiger partial charge is 0.416 e. The van der Waals surface area contributed by atoms with Gasteiger partial charge in [-0.25, -0.2) is 0 Å². The highest BCUT2D eigenvalue weighted by Gasteiger charge is 2.30. The number of rotatable bonds is 5. The Labute approximate surface area is 264 Å². The third-order valence-electron chi connectivity index (χ3n) is 8.58. The van der Waals surface area contributed by atoms with Gasteiger partial charge in [-0.3, -0.25) is 0 Å². The van der Waals surface area contributed by atoms with Crippen LogP contribution in [0.25, 0.3) is 60.5 Å². The maximum Gasteiger partial charge on any atom is 0.416 e. The van der Waals surface area contributed by atoms with E-state index < -0.39 is 11.7 Å². The van der Waals surface area contributed by atoms with E-state index >= 15 is 0 Å². The highest BCUT2D eigenvalue weighted by Crippen LogP contribution is 2.38. The fourth-order valence-electron chi connectivity index (χ4n) is 6.27. The zero-order valence-corrected chi connectivity index (χ0v) is 24.6. The standard InChI is InChI=1S/C41H27F3N2/c42-41(43,44)33-17-12-28(13-18-33)32-16-22-39-37(25-32)38-26-35(21-23-40(38)46(39)36-8-2-1-3-9-36)45-34-19-14-29(15-20-34)31-11-10-27-6-4-5-7-30(27)24-31/h1-26,45H. The van der Waals surface area contributed by atoms with Crippen molar-refractivity contribution in [2.75, 3.05) is 5.32 Å². The molecule has 1 aromatic heterocycles. The van der Waals surface area contributed by atoms with Crippen LogP contribution in [0.1, 0.15) is 5.56 Å². The highest BCUT2D eigenvalue weighted by molar-refractivity contribution is 6.11. The van der Waals surface area contributed by atoms with Crippen molar-refractivity contribution in [3.05, 3.63) is 163 Å². The molecule has 0 aliphatic carbocycles. The van der Waals surface area contributed by atoms with Gasteiger partial charge in [0.15, 0.2) is 0 Å². The molecule has 0 spiro atoms. The van der Waals surface area contributed by atoms with Crippen molar-refractivity contribution in [2.45, 2.75) is 6.18 Å². The monoisotopic (exact) mass is 604 g/mol. The van der Waals surface area contributed by atoms with Gasteiger partial charge in [0.2, 0.25) is 0 Å². The van der Waals surface area contributed by atoms with Crippen LogP contribution in [0.4, 0.5) is 24.5 Å². The minimum absolute atomic E-state index is 0.654. The molecule has 0 saturated heterocycles. The minimum atomic E-state index is -4.37. The van der Waals surface area contributed by atoms with Gasteiger partial charge in [0.25, 0.3) is 0 Å². The van der Waals surface area contributed by atoms with Crippen molar-refractivity contribution < 1.29 is 13.2 Å². The number of alkyl halides is 3. The summed E-state index contributed by atoms with van der Waals surface area (Å²) in [5.74, 6) is 0. The molecule has 0 bridgehead atoms. The third kappa shape index (κ3) is 5.06. The van der Waals surface area contributed by atoms with Crippen LogP contribution in [-0.2, 0) is 6.18 Å². The summed E-state index contributed by atoms with van der Waals surface area (Å²) in [6, 6.07) is 51.3. The van der Waals surface area contributed by atoms with E-state index in [2.05, 4.69) is 113 Å². The van der Waals surface area contributed by atoms with E-state index in [1.807, 2.05) is 30.3 Å². The first-order valence-corrected chi connectivity index (χ1v) is 15.1. The molecule has 1 N–H and O–H groups in total.